The molecule has 2 aromatic carbocycles. The van der Waals surface area contributed by atoms with Gasteiger partial charge < -0.3 is 23.6 Å². The Balaban J connectivity index is 1.75. The molecule has 1 aliphatic rings. The molecule has 1 fully saturated rings. The number of methoxy groups -OCH3 is 1. The molecular weight excluding hydrogens is 407 g/mol. The number of rotatable bonds is 9. The van der Waals surface area contributed by atoms with Crippen molar-refractivity contribution in [3.05, 3.63) is 71.8 Å². The predicted octanol–water partition coefficient (Wildman–Crippen LogP) is 3.90. The normalized spacial score (nSPS) is 24.0. The Morgan fingerprint density at radius 1 is 1.07 bits per heavy atom. The van der Waals surface area contributed by atoms with Gasteiger partial charge in [0.25, 0.3) is 0 Å². The van der Waals surface area contributed by atoms with Crippen LogP contribution in [0.2, 0.25) is 0 Å². The minimum atomic E-state index is -3.66. The van der Waals surface area contributed by atoms with Crippen LogP contribution in [0.1, 0.15) is 24.5 Å². The molecule has 1 N–H and O–H groups in total. The van der Waals surface area contributed by atoms with Crippen LogP contribution in [0.4, 0.5) is 0 Å². The number of hydrogen-bond acceptors (Lipinski definition) is 7. The Labute approximate surface area is 176 Å². The lowest BCUT2D eigenvalue weighted by atomic mass is 9.88. The van der Waals surface area contributed by atoms with Gasteiger partial charge in [0.2, 0.25) is 0 Å². The third-order valence-corrected chi connectivity index (χ3v) is 7.26. The second kappa shape index (κ2) is 9.86. The van der Waals surface area contributed by atoms with Gasteiger partial charge in [-0.3, -0.25) is 4.57 Å². The van der Waals surface area contributed by atoms with Gasteiger partial charge in [0.05, 0.1) is 26.5 Å². The van der Waals surface area contributed by atoms with Crippen LogP contribution in [0, 0.1) is 5.41 Å². The molecule has 1 saturated heterocycles. The van der Waals surface area contributed by atoms with Crippen molar-refractivity contribution in [2.45, 2.75) is 39.0 Å². The van der Waals surface area contributed by atoms with E-state index < -0.39 is 31.4 Å². The minimum absolute atomic E-state index is 0.0976. The molecule has 3 unspecified atom stereocenters. The maximum atomic E-state index is 13.7. The molecule has 0 saturated carbocycles. The van der Waals surface area contributed by atoms with Gasteiger partial charge in [-0.1, -0.05) is 67.6 Å². The lowest BCUT2D eigenvalue weighted by Gasteiger charge is -2.30. The molecule has 3 rings (SSSR count). The average Bonchev–Trinajstić information content (AvgIpc) is 3.06. The lowest BCUT2D eigenvalue weighted by molar-refractivity contribution is -0.167. The van der Waals surface area contributed by atoms with Crippen LogP contribution >= 0.6 is 7.60 Å². The molecule has 0 spiro atoms. The molecule has 0 aromatic heterocycles. The highest BCUT2D eigenvalue weighted by atomic mass is 31.2. The highest BCUT2D eigenvalue weighted by Gasteiger charge is 2.51. The first-order valence-electron chi connectivity index (χ1n) is 9.71. The number of benzene rings is 2. The van der Waals surface area contributed by atoms with Gasteiger partial charge in [0.1, 0.15) is 0 Å². The minimum Gasteiger partial charge on any atom is -0.467 e. The number of ether oxygens (including phenoxy) is 2. The van der Waals surface area contributed by atoms with Gasteiger partial charge in [0, 0.05) is 5.41 Å². The first-order valence-corrected chi connectivity index (χ1v) is 11.4. The van der Waals surface area contributed by atoms with Crippen LogP contribution in [-0.4, -0.2) is 36.7 Å². The van der Waals surface area contributed by atoms with E-state index in [0.29, 0.717) is 0 Å². The zero-order chi connectivity index (χ0) is 21.6. The Kier molecular flexibility index (Phi) is 7.45. The summed E-state index contributed by atoms with van der Waals surface area (Å²) < 4.78 is 35.3. The Morgan fingerprint density at radius 3 is 2.03 bits per heavy atom. The summed E-state index contributed by atoms with van der Waals surface area (Å²) >= 11 is 0. The third-order valence-electron chi connectivity index (χ3n) is 5.10. The highest BCUT2D eigenvalue weighted by molar-refractivity contribution is 7.53. The number of aliphatic hydroxyl groups is 1. The molecular formula is C22H27O7P. The summed E-state index contributed by atoms with van der Waals surface area (Å²) in [4.78, 5) is 11.8. The molecule has 0 bridgehead atoms. The van der Waals surface area contributed by atoms with Crippen LogP contribution in [0.5, 0.6) is 0 Å². The summed E-state index contributed by atoms with van der Waals surface area (Å²) in [5.74, 6) is -0.581. The summed E-state index contributed by atoms with van der Waals surface area (Å²) in [7, 11) is -2.40. The van der Waals surface area contributed by atoms with Gasteiger partial charge in [-0.15, -0.1) is 0 Å². The number of esters is 1. The molecule has 8 heteroatoms. The van der Waals surface area contributed by atoms with E-state index in [4.69, 9.17) is 18.5 Å². The zero-order valence-electron chi connectivity index (χ0n) is 17.1. The second-order valence-corrected chi connectivity index (χ2v) is 9.70. The van der Waals surface area contributed by atoms with Crippen molar-refractivity contribution in [1.82, 2.24) is 0 Å². The monoisotopic (exact) mass is 434 g/mol. The van der Waals surface area contributed by atoms with Crippen LogP contribution in [0.15, 0.2) is 60.7 Å². The summed E-state index contributed by atoms with van der Waals surface area (Å²) in [6, 6.07) is 18.7. The smallest absolute Gasteiger partial charge is 0.335 e. The first-order chi connectivity index (χ1) is 14.3. The van der Waals surface area contributed by atoms with E-state index >= 15 is 0 Å². The first kappa shape index (κ1) is 22.7. The van der Waals surface area contributed by atoms with Crippen molar-refractivity contribution in [2.24, 2.45) is 5.41 Å². The summed E-state index contributed by atoms with van der Waals surface area (Å²) in [6.45, 7) is 1.89. The Morgan fingerprint density at radius 2 is 1.57 bits per heavy atom. The van der Waals surface area contributed by atoms with E-state index in [1.165, 1.54) is 7.11 Å². The van der Waals surface area contributed by atoms with E-state index in [1.54, 1.807) is 6.92 Å². The molecule has 0 aliphatic carbocycles. The van der Waals surface area contributed by atoms with E-state index in [0.717, 1.165) is 11.1 Å². The third kappa shape index (κ3) is 5.78. The molecule has 3 atom stereocenters. The number of aliphatic hydroxyl groups excluding tert-OH is 1. The number of carbonyl (C=O) groups excluding carboxylic acids is 1. The Bertz CT molecular complexity index is 826. The van der Waals surface area contributed by atoms with Crippen molar-refractivity contribution in [1.29, 1.82) is 0 Å². The van der Waals surface area contributed by atoms with Crippen LogP contribution in [0.3, 0.4) is 0 Å². The largest absolute Gasteiger partial charge is 0.467 e. The average molecular weight is 434 g/mol. The van der Waals surface area contributed by atoms with Crippen molar-refractivity contribution in [3.8, 4) is 0 Å². The summed E-state index contributed by atoms with van der Waals surface area (Å²) in [6.07, 6.45) is -2.18. The molecule has 1 aliphatic heterocycles. The van der Waals surface area contributed by atoms with Crippen molar-refractivity contribution >= 4 is 13.6 Å². The van der Waals surface area contributed by atoms with Gasteiger partial charge in [0.15, 0.2) is 12.4 Å². The summed E-state index contributed by atoms with van der Waals surface area (Å²) in [5, 5.41) is 10.4. The topological polar surface area (TPSA) is 91.3 Å². The lowest BCUT2D eigenvalue weighted by Crippen LogP contribution is -2.32. The van der Waals surface area contributed by atoms with Crippen LogP contribution in [0.25, 0.3) is 0 Å². The van der Waals surface area contributed by atoms with Crippen molar-refractivity contribution in [3.63, 3.8) is 0 Å². The zero-order valence-corrected chi connectivity index (χ0v) is 18.0. The molecule has 2 aromatic rings. The standard InChI is InChI=1S/C22H27O7P/c1-22(13-19(20(23)26-2)29-21(22)24)16-30(25,27-14-17-9-5-3-6-10-17)28-15-18-11-7-4-8-12-18/h3-12,19,21,24H,13-16H2,1-2H3. The van der Waals surface area contributed by atoms with Gasteiger partial charge >= 0.3 is 13.6 Å². The highest BCUT2D eigenvalue weighted by Crippen LogP contribution is 2.57. The SMILES string of the molecule is COC(=O)C1CC(C)(CP(=O)(OCc2ccccc2)OCc2ccccc2)C(O)O1. The fourth-order valence-corrected chi connectivity index (χ4v) is 5.49. The molecule has 162 valence electrons. The van der Waals surface area contributed by atoms with E-state index in [-0.39, 0.29) is 25.8 Å². The van der Waals surface area contributed by atoms with Crippen molar-refractivity contribution < 1.29 is 33.0 Å². The summed E-state index contributed by atoms with van der Waals surface area (Å²) in [5.41, 5.74) is 0.700. The van der Waals surface area contributed by atoms with Crippen LogP contribution < -0.4 is 0 Å². The van der Waals surface area contributed by atoms with Gasteiger partial charge in [-0.25, -0.2) is 4.79 Å². The quantitative estimate of drug-likeness (QED) is 0.473. The van der Waals surface area contributed by atoms with E-state index in [9.17, 15) is 14.5 Å². The maximum absolute atomic E-state index is 13.7. The van der Waals surface area contributed by atoms with Gasteiger partial charge in [-0.05, 0) is 17.5 Å². The fraction of sp³-hybridized carbons (Fsp3) is 0.409. The van der Waals surface area contributed by atoms with E-state index in [2.05, 4.69) is 0 Å². The fourth-order valence-electron chi connectivity index (χ4n) is 3.37. The van der Waals surface area contributed by atoms with E-state index in [1.807, 2.05) is 60.7 Å². The molecule has 30 heavy (non-hydrogen) atoms. The predicted molar refractivity (Wildman–Crippen MR) is 111 cm³/mol. The number of hydrogen-bond donors (Lipinski definition) is 1. The molecule has 1 heterocycles. The Hall–Kier alpha value is -2.02. The molecule has 7 nitrogen and oxygen atoms in total. The van der Waals surface area contributed by atoms with Gasteiger partial charge in [-0.2, -0.15) is 0 Å². The van der Waals surface area contributed by atoms with Crippen LogP contribution in [-0.2, 0) is 41.1 Å². The second-order valence-electron chi connectivity index (χ2n) is 7.65. The molecule has 0 radical (unpaired) electrons. The maximum Gasteiger partial charge on any atom is 0.335 e. The number of carbonyl (C=O) groups is 1. The van der Waals surface area contributed by atoms with Crippen molar-refractivity contribution in [2.75, 3.05) is 13.3 Å². The molecule has 0 amide bonds.